The third-order valence-electron chi connectivity index (χ3n) is 5.42. The first-order valence-electron chi connectivity index (χ1n) is 10.5. The molecule has 8 nitrogen and oxygen atoms in total. The second kappa shape index (κ2) is 9.57. The van der Waals surface area contributed by atoms with Gasteiger partial charge in [-0.3, -0.25) is 13.9 Å². The van der Waals surface area contributed by atoms with Gasteiger partial charge >= 0.3 is 5.76 Å². The number of β-amino-alcohol motifs (C(OH)–C–C–N with tert-alkyl or cyclic N) is 1. The number of aromatic nitrogens is 2. The SMILES string of the molecule is CC(C)(C)C(=O)NCC1CCCN(CC(O)Cn2c(-c3ccccc3)noc2=O)C1. The van der Waals surface area contributed by atoms with E-state index in [1.165, 1.54) is 4.57 Å². The number of aliphatic hydroxyl groups is 1. The fourth-order valence-electron chi connectivity index (χ4n) is 3.78. The minimum atomic E-state index is -0.729. The normalized spacial score (nSPS) is 18.9. The van der Waals surface area contributed by atoms with Crippen molar-refractivity contribution in [3.63, 3.8) is 0 Å². The van der Waals surface area contributed by atoms with E-state index in [9.17, 15) is 14.7 Å². The summed E-state index contributed by atoms with van der Waals surface area (Å²) in [4.78, 5) is 26.4. The Morgan fingerprint density at radius 3 is 2.73 bits per heavy atom. The highest BCUT2D eigenvalue weighted by Gasteiger charge is 2.26. The molecule has 2 atom stereocenters. The molecule has 0 aliphatic carbocycles. The van der Waals surface area contributed by atoms with Crippen molar-refractivity contribution in [2.45, 2.75) is 46.3 Å². The van der Waals surface area contributed by atoms with Crippen LogP contribution in [0.1, 0.15) is 33.6 Å². The molecular formula is C22H32N4O4. The van der Waals surface area contributed by atoms with Gasteiger partial charge < -0.3 is 15.3 Å². The summed E-state index contributed by atoms with van der Waals surface area (Å²) in [5.74, 6) is 0.255. The van der Waals surface area contributed by atoms with E-state index in [4.69, 9.17) is 4.52 Å². The molecule has 164 valence electrons. The molecule has 1 fully saturated rings. The van der Waals surface area contributed by atoms with Crippen LogP contribution in [0.25, 0.3) is 11.4 Å². The van der Waals surface area contributed by atoms with Crippen molar-refractivity contribution < 1.29 is 14.4 Å². The fraction of sp³-hybridized carbons (Fsp3) is 0.591. The number of nitrogens with zero attached hydrogens (tertiary/aromatic N) is 3. The molecule has 0 radical (unpaired) electrons. The highest BCUT2D eigenvalue weighted by molar-refractivity contribution is 5.81. The van der Waals surface area contributed by atoms with E-state index in [-0.39, 0.29) is 12.5 Å². The van der Waals surface area contributed by atoms with Crippen LogP contribution in [0.2, 0.25) is 0 Å². The molecule has 2 N–H and O–H groups in total. The average molecular weight is 417 g/mol. The molecule has 1 saturated heterocycles. The van der Waals surface area contributed by atoms with Crippen molar-refractivity contribution in [2.24, 2.45) is 11.3 Å². The molecule has 1 aliphatic heterocycles. The van der Waals surface area contributed by atoms with Crippen molar-refractivity contribution in [1.82, 2.24) is 19.9 Å². The van der Waals surface area contributed by atoms with E-state index in [1.54, 1.807) is 0 Å². The highest BCUT2D eigenvalue weighted by atomic mass is 16.5. The maximum atomic E-state index is 12.1. The van der Waals surface area contributed by atoms with Gasteiger partial charge in [-0.2, -0.15) is 0 Å². The Kier molecular flexibility index (Phi) is 7.10. The number of likely N-dealkylation sites (tertiary alicyclic amines) is 1. The number of hydrogen-bond donors (Lipinski definition) is 2. The first kappa shape index (κ1) is 22.2. The number of aliphatic hydroxyl groups excluding tert-OH is 1. The van der Waals surface area contributed by atoms with E-state index in [2.05, 4.69) is 15.4 Å². The molecule has 1 aromatic heterocycles. The summed E-state index contributed by atoms with van der Waals surface area (Å²) in [5.41, 5.74) is 0.371. The van der Waals surface area contributed by atoms with Crippen LogP contribution < -0.4 is 11.1 Å². The van der Waals surface area contributed by atoms with E-state index in [0.29, 0.717) is 24.8 Å². The first-order chi connectivity index (χ1) is 14.2. The maximum Gasteiger partial charge on any atom is 0.441 e. The maximum absolute atomic E-state index is 12.1. The smallest absolute Gasteiger partial charge is 0.390 e. The summed E-state index contributed by atoms with van der Waals surface area (Å²) in [7, 11) is 0. The lowest BCUT2D eigenvalue weighted by Crippen LogP contribution is -2.46. The van der Waals surface area contributed by atoms with Gasteiger partial charge in [0, 0.05) is 30.6 Å². The fourth-order valence-corrected chi connectivity index (χ4v) is 3.78. The molecule has 2 aromatic rings. The molecular weight excluding hydrogens is 384 g/mol. The first-order valence-corrected chi connectivity index (χ1v) is 10.5. The molecule has 8 heteroatoms. The number of hydrogen-bond acceptors (Lipinski definition) is 6. The zero-order valence-electron chi connectivity index (χ0n) is 18.0. The third-order valence-corrected chi connectivity index (χ3v) is 5.42. The minimum absolute atomic E-state index is 0.0555. The largest absolute Gasteiger partial charge is 0.441 e. The van der Waals surface area contributed by atoms with Crippen LogP contribution in [0.5, 0.6) is 0 Å². The topological polar surface area (TPSA) is 101 Å². The van der Waals surface area contributed by atoms with Gasteiger partial charge in [0.15, 0.2) is 5.82 Å². The van der Waals surface area contributed by atoms with Crippen molar-refractivity contribution in [3.05, 3.63) is 40.9 Å². The summed E-state index contributed by atoms with van der Waals surface area (Å²) >= 11 is 0. The van der Waals surface area contributed by atoms with Crippen LogP contribution in [0.3, 0.4) is 0 Å². The average Bonchev–Trinajstić information content (AvgIpc) is 3.06. The van der Waals surface area contributed by atoms with Crippen LogP contribution >= 0.6 is 0 Å². The lowest BCUT2D eigenvalue weighted by Gasteiger charge is -2.34. The summed E-state index contributed by atoms with van der Waals surface area (Å²) in [6.45, 7) is 8.64. The second-order valence-corrected chi connectivity index (χ2v) is 9.13. The monoisotopic (exact) mass is 416 g/mol. The molecule has 2 unspecified atom stereocenters. The molecule has 1 amide bonds. The predicted molar refractivity (Wildman–Crippen MR) is 114 cm³/mol. The summed E-state index contributed by atoms with van der Waals surface area (Å²) in [6, 6.07) is 9.31. The van der Waals surface area contributed by atoms with E-state index < -0.39 is 17.3 Å². The Hall–Kier alpha value is -2.45. The number of amides is 1. The Labute approximate surface area is 176 Å². The molecule has 0 spiro atoms. The molecule has 2 heterocycles. The molecule has 0 saturated carbocycles. The van der Waals surface area contributed by atoms with Gasteiger partial charge in [0.25, 0.3) is 0 Å². The Bertz CT molecular complexity index is 885. The lowest BCUT2D eigenvalue weighted by atomic mass is 9.94. The predicted octanol–water partition coefficient (Wildman–Crippen LogP) is 1.74. The number of rotatable bonds is 7. The van der Waals surface area contributed by atoms with Crippen molar-refractivity contribution in [1.29, 1.82) is 0 Å². The number of piperidine rings is 1. The van der Waals surface area contributed by atoms with Crippen molar-refractivity contribution in [2.75, 3.05) is 26.2 Å². The van der Waals surface area contributed by atoms with Crippen molar-refractivity contribution in [3.8, 4) is 11.4 Å². The summed E-state index contributed by atoms with van der Waals surface area (Å²) in [6.07, 6.45) is 1.35. The van der Waals surface area contributed by atoms with Gasteiger partial charge in [-0.25, -0.2) is 4.79 Å². The Balaban J connectivity index is 1.55. The molecule has 1 aromatic carbocycles. The van der Waals surface area contributed by atoms with E-state index >= 15 is 0 Å². The van der Waals surface area contributed by atoms with E-state index in [0.717, 1.165) is 31.5 Å². The van der Waals surface area contributed by atoms with Gasteiger partial charge in [0.05, 0.1) is 12.6 Å². The summed E-state index contributed by atoms with van der Waals surface area (Å²) in [5, 5.41) is 17.6. The van der Waals surface area contributed by atoms with Gasteiger partial charge in [0.1, 0.15) is 0 Å². The van der Waals surface area contributed by atoms with Gasteiger partial charge in [-0.15, -0.1) is 0 Å². The summed E-state index contributed by atoms with van der Waals surface area (Å²) < 4.78 is 6.21. The zero-order chi connectivity index (χ0) is 21.7. The third kappa shape index (κ3) is 5.79. The van der Waals surface area contributed by atoms with Gasteiger partial charge in [-0.05, 0) is 25.3 Å². The second-order valence-electron chi connectivity index (χ2n) is 9.13. The lowest BCUT2D eigenvalue weighted by molar-refractivity contribution is -0.128. The number of carbonyl (C=O) groups excluding carboxylic acids is 1. The van der Waals surface area contributed by atoms with Crippen LogP contribution in [-0.2, 0) is 11.3 Å². The van der Waals surface area contributed by atoms with Crippen LogP contribution in [-0.4, -0.2) is 57.9 Å². The minimum Gasteiger partial charge on any atom is -0.390 e. The van der Waals surface area contributed by atoms with Crippen LogP contribution in [0, 0.1) is 11.3 Å². The standard InChI is InChI=1S/C22H32N4O4/c1-22(2,3)20(28)23-12-16-8-7-11-25(13-16)14-18(27)15-26-19(24-30-21(26)29)17-9-5-4-6-10-17/h4-6,9-10,16,18,27H,7-8,11-15H2,1-3H3,(H,23,28). The van der Waals surface area contributed by atoms with E-state index in [1.807, 2.05) is 51.1 Å². The molecule has 1 aliphatic rings. The zero-order valence-corrected chi connectivity index (χ0v) is 18.0. The van der Waals surface area contributed by atoms with Gasteiger partial charge in [-0.1, -0.05) is 56.3 Å². The van der Waals surface area contributed by atoms with Crippen LogP contribution in [0.4, 0.5) is 0 Å². The van der Waals surface area contributed by atoms with Crippen molar-refractivity contribution >= 4 is 5.91 Å². The van der Waals surface area contributed by atoms with Gasteiger partial charge in [0.2, 0.25) is 5.91 Å². The molecule has 0 bridgehead atoms. The molecule has 3 rings (SSSR count). The Morgan fingerprint density at radius 2 is 2.03 bits per heavy atom. The molecule has 30 heavy (non-hydrogen) atoms. The Morgan fingerprint density at radius 1 is 1.30 bits per heavy atom. The van der Waals surface area contributed by atoms with Crippen LogP contribution in [0.15, 0.2) is 39.6 Å². The number of benzene rings is 1. The quantitative estimate of drug-likeness (QED) is 0.713. The number of nitrogens with one attached hydrogen (secondary N) is 1. The number of carbonyl (C=O) groups is 1. The highest BCUT2D eigenvalue weighted by Crippen LogP contribution is 2.19.